The highest BCUT2D eigenvalue weighted by Crippen LogP contribution is 2.66. The number of fused-ring (bicyclic) bond motifs is 1. The van der Waals surface area contributed by atoms with Crippen LogP contribution in [0.1, 0.15) is 6.23 Å². The predicted molar refractivity (Wildman–Crippen MR) is 155 cm³/mol. The van der Waals surface area contributed by atoms with Gasteiger partial charge in [-0.15, -0.1) is 0 Å². The summed E-state index contributed by atoms with van der Waals surface area (Å²) >= 11 is 0. The van der Waals surface area contributed by atoms with Crippen molar-refractivity contribution in [2.45, 2.75) is 24.5 Å². The van der Waals surface area contributed by atoms with Gasteiger partial charge in [0.1, 0.15) is 24.1 Å². The number of anilines is 1. The van der Waals surface area contributed by atoms with E-state index in [0.717, 1.165) is 27.0 Å². The molecule has 280 valence electrons. The van der Waals surface area contributed by atoms with Crippen molar-refractivity contribution in [1.82, 2.24) is 29.3 Å². The second kappa shape index (κ2) is 16.7. The zero-order valence-electron chi connectivity index (χ0n) is 25.0. The fraction of sp³-hybridized carbons (Fsp3) is 0.550. The molecule has 50 heavy (non-hydrogen) atoms. The Morgan fingerprint density at radius 1 is 0.860 bits per heavy atom. The summed E-state index contributed by atoms with van der Waals surface area (Å²) in [6.07, 6.45) is -4.95. The van der Waals surface area contributed by atoms with E-state index < -0.39 is 105 Å². The molecule has 27 nitrogen and oxygen atoms in total. The van der Waals surface area contributed by atoms with Gasteiger partial charge in [-0.05, 0) is 0 Å². The van der Waals surface area contributed by atoms with Crippen LogP contribution in [0.3, 0.4) is 0 Å². The van der Waals surface area contributed by atoms with E-state index in [2.05, 4.69) is 28.1 Å². The summed E-state index contributed by atoms with van der Waals surface area (Å²) in [4.78, 5) is 97.1. The number of ether oxygens (including phenoxy) is 2. The Morgan fingerprint density at radius 2 is 1.42 bits per heavy atom. The lowest BCUT2D eigenvalue weighted by Gasteiger charge is -2.26. The van der Waals surface area contributed by atoms with Gasteiger partial charge in [-0.25, -0.2) is 28.6 Å². The van der Waals surface area contributed by atoms with E-state index in [9.17, 15) is 52.9 Å². The van der Waals surface area contributed by atoms with Gasteiger partial charge < -0.3 is 55.2 Å². The summed E-state index contributed by atoms with van der Waals surface area (Å²) in [6, 6.07) is 0. The van der Waals surface area contributed by atoms with Crippen LogP contribution in [0.4, 0.5) is 5.82 Å². The number of phosphoric ester groups is 1. The summed E-state index contributed by atoms with van der Waals surface area (Å²) in [6.45, 7) is -5.05. The Balaban J connectivity index is 1.83. The highest BCUT2D eigenvalue weighted by atomic mass is 31.3. The SMILES string of the molecule is Nc1ncnc2c1ncn2[C@@H]1O[C@H](COP(=O)(O)OP(=O)(O)OP(=O)(O)O)[C@@H](OC(=O)CN(CCN(CC(=O)O)CC(=O)O)CC(=O)O)[C@H]1O. The molecule has 1 saturated heterocycles. The van der Waals surface area contributed by atoms with Crippen LogP contribution in [-0.4, -0.2) is 157 Å². The van der Waals surface area contributed by atoms with Crippen LogP contribution in [0, 0.1) is 0 Å². The first kappa shape index (κ1) is 40.9. The topological polar surface area (TPSA) is 404 Å². The average Bonchev–Trinajstić information content (AvgIpc) is 3.49. The van der Waals surface area contributed by atoms with Gasteiger partial charge in [0, 0.05) is 13.1 Å². The summed E-state index contributed by atoms with van der Waals surface area (Å²) in [5.41, 5.74) is 5.80. The molecule has 6 atom stereocenters. The van der Waals surface area contributed by atoms with Crippen molar-refractivity contribution in [2.75, 3.05) is 51.6 Å². The van der Waals surface area contributed by atoms with Crippen molar-refractivity contribution in [3.63, 3.8) is 0 Å². The van der Waals surface area contributed by atoms with Crippen LogP contribution in [0.25, 0.3) is 11.2 Å². The van der Waals surface area contributed by atoms with Crippen LogP contribution >= 0.6 is 23.5 Å². The zero-order chi connectivity index (χ0) is 37.6. The van der Waals surface area contributed by atoms with Gasteiger partial charge in [-0.2, -0.15) is 8.62 Å². The fourth-order valence-electron chi connectivity index (χ4n) is 4.41. The molecule has 0 aliphatic carbocycles. The van der Waals surface area contributed by atoms with Gasteiger partial charge >= 0.3 is 47.3 Å². The van der Waals surface area contributed by atoms with Crippen molar-refractivity contribution in [1.29, 1.82) is 0 Å². The molecule has 0 radical (unpaired) electrons. The van der Waals surface area contributed by atoms with Crippen molar-refractivity contribution in [3.8, 4) is 0 Å². The minimum atomic E-state index is -5.93. The largest absolute Gasteiger partial charge is 0.490 e. The first-order valence-corrected chi connectivity index (χ1v) is 17.9. The Bertz CT molecular complexity index is 1700. The average molecular weight is 781 g/mol. The lowest BCUT2D eigenvalue weighted by atomic mass is 10.1. The number of carbonyl (C=O) groups is 4. The molecule has 1 aliphatic rings. The highest BCUT2D eigenvalue weighted by molar-refractivity contribution is 7.66. The Morgan fingerprint density at radius 3 is 1.96 bits per heavy atom. The van der Waals surface area contributed by atoms with E-state index in [-0.39, 0.29) is 30.1 Å². The number of aliphatic hydroxyl groups is 1. The maximum absolute atomic E-state index is 13.0. The van der Waals surface area contributed by atoms with Gasteiger partial charge in [0.15, 0.2) is 23.8 Å². The molecular formula is C20H30N7O20P3. The number of rotatable bonds is 20. The monoisotopic (exact) mass is 781 g/mol. The molecule has 2 aromatic rings. The van der Waals surface area contributed by atoms with Crippen molar-refractivity contribution in [3.05, 3.63) is 12.7 Å². The van der Waals surface area contributed by atoms with Crippen molar-refractivity contribution < 1.29 is 95.5 Å². The van der Waals surface area contributed by atoms with Crippen LogP contribution < -0.4 is 5.73 Å². The molecule has 1 fully saturated rings. The number of nitrogens with two attached hydrogens (primary N) is 1. The van der Waals surface area contributed by atoms with E-state index in [0.29, 0.717) is 0 Å². The number of aliphatic carboxylic acids is 3. The Hall–Kier alpha value is -3.52. The normalized spacial score (nSPS) is 22.0. The van der Waals surface area contributed by atoms with Gasteiger partial charge in [0.05, 0.1) is 39.1 Å². The molecule has 30 heteroatoms. The second-order valence-electron chi connectivity index (χ2n) is 10.1. The third-order valence-electron chi connectivity index (χ3n) is 6.22. The number of nitrogens with zero attached hydrogens (tertiary/aromatic N) is 6. The Kier molecular flexibility index (Phi) is 13.6. The van der Waals surface area contributed by atoms with Crippen LogP contribution in [-0.2, 0) is 55.5 Å². The summed E-state index contributed by atoms with van der Waals surface area (Å²) in [5, 5.41) is 38.5. The smallest absolute Gasteiger partial charge is 0.480 e. The lowest BCUT2D eigenvalue weighted by molar-refractivity contribution is -0.158. The summed E-state index contributed by atoms with van der Waals surface area (Å²) in [7, 11) is -17.4. The van der Waals surface area contributed by atoms with E-state index in [1.165, 1.54) is 0 Å². The van der Waals surface area contributed by atoms with Gasteiger partial charge in [0.25, 0.3) is 0 Å². The van der Waals surface area contributed by atoms with E-state index >= 15 is 0 Å². The zero-order valence-corrected chi connectivity index (χ0v) is 27.7. The minimum absolute atomic E-state index is 0.0138. The van der Waals surface area contributed by atoms with Gasteiger partial charge in [-0.3, -0.25) is 38.1 Å². The van der Waals surface area contributed by atoms with Crippen LogP contribution in [0.15, 0.2) is 12.7 Å². The number of imidazole rings is 1. The summed E-state index contributed by atoms with van der Waals surface area (Å²) < 4.78 is 59.0. The van der Waals surface area contributed by atoms with Crippen molar-refractivity contribution in [2.24, 2.45) is 0 Å². The first-order valence-electron chi connectivity index (χ1n) is 13.4. The molecule has 1 aliphatic heterocycles. The number of carboxylic acids is 3. The standard InChI is InChI=1S/C20H30N7O20P3/c21-18-15-19(23-8-22-18)27(9-24-15)20-16(35)17(10(44-20)7-43-49(39,40)47-50(41,42)46-48(36,37)38)45-14(34)6-26(5-13(32)33)2-1-25(3-11(28)29)4-12(30)31/h8-10,16-17,20,35H,1-7H2,(H,28,29)(H,30,31)(H,32,33)(H,39,40)(H,41,42)(H2,21,22,23)(H2,36,37,38)/t10-,16-,17-,20-/m1/s1. The van der Waals surface area contributed by atoms with Crippen molar-refractivity contribution >= 4 is 64.3 Å². The third kappa shape index (κ3) is 12.4. The number of esters is 1. The molecule has 0 amide bonds. The van der Waals surface area contributed by atoms with E-state index in [4.69, 9.17) is 35.2 Å². The molecule has 3 heterocycles. The molecule has 2 aromatic heterocycles. The van der Waals surface area contributed by atoms with E-state index in [1.807, 2.05) is 0 Å². The summed E-state index contributed by atoms with van der Waals surface area (Å²) in [5.74, 6) is -5.57. The van der Waals surface area contributed by atoms with Crippen LogP contribution in [0.5, 0.6) is 0 Å². The number of phosphoric acid groups is 3. The lowest BCUT2D eigenvalue weighted by Crippen LogP contribution is -2.45. The molecule has 0 bridgehead atoms. The number of hydrogen-bond acceptors (Lipinski definition) is 19. The van der Waals surface area contributed by atoms with Gasteiger partial charge in [0.2, 0.25) is 0 Å². The van der Waals surface area contributed by atoms with Gasteiger partial charge in [-0.1, -0.05) is 0 Å². The maximum Gasteiger partial charge on any atom is 0.490 e. The molecule has 0 spiro atoms. The molecular weight excluding hydrogens is 751 g/mol. The van der Waals surface area contributed by atoms with Crippen LogP contribution in [0.2, 0.25) is 0 Å². The molecule has 0 saturated carbocycles. The second-order valence-corrected chi connectivity index (χ2v) is 14.5. The first-order chi connectivity index (χ1) is 23.1. The minimum Gasteiger partial charge on any atom is -0.480 e. The number of aliphatic hydroxyl groups excluding tert-OH is 1. The predicted octanol–water partition coefficient (Wildman–Crippen LogP) is -3.22. The number of hydrogen-bond donors (Lipinski definition) is 9. The Labute approximate surface area is 278 Å². The fourth-order valence-corrected chi connectivity index (χ4v) is 7.44. The molecule has 10 N–H and O–H groups in total. The highest BCUT2D eigenvalue weighted by Gasteiger charge is 2.49. The number of aromatic nitrogens is 4. The quantitative estimate of drug-likeness (QED) is 0.0471. The number of carbonyl (C=O) groups excluding carboxylic acids is 1. The molecule has 2 unspecified atom stereocenters. The molecule has 0 aromatic carbocycles. The number of carboxylic acid groups (broad SMARTS) is 3. The van der Waals surface area contributed by atoms with E-state index in [1.54, 1.807) is 0 Å². The molecule has 3 rings (SSSR count). The third-order valence-corrected chi connectivity index (χ3v) is 10.0. The number of nitrogen functional groups attached to an aromatic ring is 1. The maximum atomic E-state index is 13.0.